The second kappa shape index (κ2) is 9.85. The molecule has 2 rings (SSSR count). The second-order valence-electron chi connectivity index (χ2n) is 5.90. The van der Waals surface area contributed by atoms with Crippen LogP contribution in [0.25, 0.3) is 0 Å². The number of ether oxygens (including phenoxy) is 1. The van der Waals surface area contributed by atoms with Crippen molar-refractivity contribution in [2.45, 2.75) is 19.9 Å². The van der Waals surface area contributed by atoms with E-state index in [-0.39, 0.29) is 10.6 Å². The van der Waals surface area contributed by atoms with Crippen LogP contribution in [0, 0.1) is 5.82 Å². The minimum atomic E-state index is -0.975. The molecule has 2 aromatic rings. The van der Waals surface area contributed by atoms with E-state index in [1.165, 1.54) is 42.2 Å². The molecule has 8 heteroatoms. The van der Waals surface area contributed by atoms with Gasteiger partial charge in [-0.15, -0.1) is 0 Å². The zero-order chi connectivity index (χ0) is 20.7. The standard InChI is InChI=1S/C20H20ClFN2O4/c1-3-24(15-10-8-14(22)9-11-15)18(25)12-28-20(27)13(2)23-19(26)16-6-4-5-7-17(16)21/h4-11,13H,3,12H2,1-2H3,(H,23,26)/t13-/m0/s1. The van der Waals surface area contributed by atoms with E-state index < -0.39 is 36.2 Å². The molecule has 0 bridgehead atoms. The van der Waals surface area contributed by atoms with Crippen LogP contribution in [0.4, 0.5) is 10.1 Å². The molecule has 148 valence electrons. The summed E-state index contributed by atoms with van der Waals surface area (Å²) in [7, 11) is 0. The van der Waals surface area contributed by atoms with Crippen LogP contribution in [-0.4, -0.2) is 37.0 Å². The minimum Gasteiger partial charge on any atom is -0.454 e. The van der Waals surface area contributed by atoms with Crippen molar-refractivity contribution in [2.24, 2.45) is 0 Å². The first-order valence-corrected chi connectivity index (χ1v) is 8.99. The molecule has 0 aromatic heterocycles. The highest BCUT2D eigenvalue weighted by Crippen LogP contribution is 2.16. The molecule has 0 radical (unpaired) electrons. The number of likely N-dealkylation sites (N-methyl/N-ethyl adjacent to an activating group) is 1. The summed E-state index contributed by atoms with van der Waals surface area (Å²) in [5, 5.41) is 2.74. The third-order valence-corrected chi connectivity index (χ3v) is 4.24. The average Bonchev–Trinajstić information content (AvgIpc) is 2.68. The van der Waals surface area contributed by atoms with Gasteiger partial charge in [0, 0.05) is 12.2 Å². The maximum atomic E-state index is 13.0. The number of esters is 1. The Kier molecular flexibility index (Phi) is 7.52. The molecule has 0 aliphatic rings. The predicted octanol–water partition coefficient (Wildman–Crippen LogP) is 3.19. The van der Waals surface area contributed by atoms with Gasteiger partial charge in [-0.3, -0.25) is 9.59 Å². The number of hydrogen-bond acceptors (Lipinski definition) is 4. The molecule has 0 aliphatic heterocycles. The third-order valence-electron chi connectivity index (χ3n) is 3.91. The van der Waals surface area contributed by atoms with Crippen LogP contribution < -0.4 is 10.2 Å². The molecular weight excluding hydrogens is 387 g/mol. The van der Waals surface area contributed by atoms with Crippen molar-refractivity contribution in [1.82, 2.24) is 5.32 Å². The molecule has 0 fully saturated rings. The first-order valence-electron chi connectivity index (χ1n) is 8.61. The Morgan fingerprint density at radius 3 is 2.39 bits per heavy atom. The van der Waals surface area contributed by atoms with Crippen LogP contribution in [-0.2, 0) is 14.3 Å². The molecule has 6 nitrogen and oxygen atoms in total. The fourth-order valence-electron chi connectivity index (χ4n) is 2.44. The Morgan fingerprint density at radius 1 is 1.14 bits per heavy atom. The van der Waals surface area contributed by atoms with Gasteiger partial charge in [-0.05, 0) is 50.2 Å². The summed E-state index contributed by atoms with van der Waals surface area (Å²) in [5.74, 6) is -2.17. The summed E-state index contributed by atoms with van der Waals surface area (Å²) >= 11 is 5.95. The van der Waals surface area contributed by atoms with E-state index in [1.54, 1.807) is 25.1 Å². The number of amides is 2. The van der Waals surface area contributed by atoms with Crippen molar-refractivity contribution in [1.29, 1.82) is 0 Å². The molecular formula is C20H20ClFN2O4. The van der Waals surface area contributed by atoms with Crippen molar-refractivity contribution in [3.05, 3.63) is 64.9 Å². The molecule has 1 N–H and O–H groups in total. The van der Waals surface area contributed by atoms with E-state index in [4.69, 9.17) is 16.3 Å². The number of anilines is 1. The molecule has 0 saturated carbocycles. The van der Waals surface area contributed by atoms with Crippen molar-refractivity contribution >= 4 is 35.1 Å². The second-order valence-corrected chi connectivity index (χ2v) is 6.30. The fraction of sp³-hybridized carbons (Fsp3) is 0.250. The lowest BCUT2D eigenvalue weighted by Crippen LogP contribution is -2.41. The smallest absolute Gasteiger partial charge is 0.328 e. The summed E-state index contributed by atoms with van der Waals surface area (Å²) < 4.78 is 18.0. The van der Waals surface area contributed by atoms with Crippen LogP contribution in [0.1, 0.15) is 24.2 Å². The van der Waals surface area contributed by atoms with Gasteiger partial charge in [0.1, 0.15) is 11.9 Å². The minimum absolute atomic E-state index is 0.230. The largest absolute Gasteiger partial charge is 0.454 e. The van der Waals surface area contributed by atoms with Crippen LogP contribution in [0.5, 0.6) is 0 Å². The number of hydrogen-bond donors (Lipinski definition) is 1. The first kappa shape index (κ1) is 21.4. The fourth-order valence-corrected chi connectivity index (χ4v) is 2.66. The normalized spacial score (nSPS) is 11.4. The molecule has 0 spiro atoms. The topological polar surface area (TPSA) is 75.7 Å². The zero-order valence-electron chi connectivity index (χ0n) is 15.4. The van der Waals surface area contributed by atoms with E-state index in [2.05, 4.69) is 5.32 Å². The monoisotopic (exact) mass is 406 g/mol. The lowest BCUT2D eigenvalue weighted by Gasteiger charge is -2.21. The predicted molar refractivity (Wildman–Crippen MR) is 104 cm³/mol. The lowest BCUT2D eigenvalue weighted by molar-refractivity contribution is -0.149. The van der Waals surface area contributed by atoms with Crippen molar-refractivity contribution in [3.63, 3.8) is 0 Å². The summed E-state index contributed by atoms with van der Waals surface area (Å²) in [5.41, 5.74) is 0.721. The van der Waals surface area contributed by atoms with Crippen LogP contribution in [0.15, 0.2) is 48.5 Å². The number of carbonyl (C=O) groups is 3. The van der Waals surface area contributed by atoms with Crippen LogP contribution in [0.2, 0.25) is 5.02 Å². The molecule has 2 aromatic carbocycles. The first-order chi connectivity index (χ1) is 13.3. The molecule has 0 aliphatic carbocycles. The van der Waals surface area contributed by atoms with E-state index in [0.29, 0.717) is 12.2 Å². The highest BCUT2D eigenvalue weighted by molar-refractivity contribution is 6.33. The third kappa shape index (κ3) is 5.53. The molecule has 2 amide bonds. The van der Waals surface area contributed by atoms with E-state index >= 15 is 0 Å². The molecule has 28 heavy (non-hydrogen) atoms. The Morgan fingerprint density at radius 2 is 1.79 bits per heavy atom. The number of carbonyl (C=O) groups excluding carboxylic acids is 3. The van der Waals surface area contributed by atoms with E-state index in [0.717, 1.165) is 0 Å². The quantitative estimate of drug-likeness (QED) is 0.716. The lowest BCUT2D eigenvalue weighted by atomic mass is 10.2. The van der Waals surface area contributed by atoms with E-state index in [1.807, 2.05) is 0 Å². The van der Waals surface area contributed by atoms with Gasteiger partial charge in [-0.2, -0.15) is 0 Å². The molecule has 1 atom stereocenters. The summed E-state index contributed by atoms with van der Waals surface area (Å²) in [4.78, 5) is 38.0. The summed E-state index contributed by atoms with van der Waals surface area (Å²) in [6.45, 7) is 3.01. The Labute approximate surface area is 167 Å². The average molecular weight is 407 g/mol. The van der Waals surface area contributed by atoms with Crippen molar-refractivity contribution < 1.29 is 23.5 Å². The molecule has 0 unspecified atom stereocenters. The van der Waals surface area contributed by atoms with Gasteiger partial charge in [0.05, 0.1) is 10.6 Å². The van der Waals surface area contributed by atoms with Crippen LogP contribution >= 0.6 is 11.6 Å². The number of nitrogens with zero attached hydrogens (tertiary/aromatic N) is 1. The maximum Gasteiger partial charge on any atom is 0.328 e. The van der Waals surface area contributed by atoms with Gasteiger partial charge in [0.25, 0.3) is 11.8 Å². The SMILES string of the molecule is CCN(C(=O)COC(=O)[C@H](C)NC(=O)c1ccccc1Cl)c1ccc(F)cc1. The number of benzene rings is 2. The highest BCUT2D eigenvalue weighted by atomic mass is 35.5. The van der Waals surface area contributed by atoms with E-state index in [9.17, 15) is 18.8 Å². The van der Waals surface area contributed by atoms with Gasteiger partial charge < -0.3 is 15.0 Å². The number of rotatable bonds is 7. The zero-order valence-corrected chi connectivity index (χ0v) is 16.2. The van der Waals surface area contributed by atoms with Crippen molar-refractivity contribution in [2.75, 3.05) is 18.1 Å². The molecule has 0 heterocycles. The maximum absolute atomic E-state index is 13.0. The Bertz CT molecular complexity index is 858. The van der Waals surface area contributed by atoms with Crippen molar-refractivity contribution in [3.8, 4) is 0 Å². The van der Waals surface area contributed by atoms with Gasteiger partial charge in [0.15, 0.2) is 6.61 Å². The summed E-state index contributed by atoms with van der Waals surface area (Å²) in [6.07, 6.45) is 0. The number of nitrogens with one attached hydrogen (secondary N) is 1. The summed E-state index contributed by atoms with van der Waals surface area (Å²) in [6, 6.07) is 10.9. The Balaban J connectivity index is 1.91. The Hall–Kier alpha value is -2.93. The van der Waals surface area contributed by atoms with Gasteiger partial charge >= 0.3 is 5.97 Å². The number of halogens is 2. The molecule has 0 saturated heterocycles. The van der Waals surface area contributed by atoms with Crippen LogP contribution in [0.3, 0.4) is 0 Å². The highest BCUT2D eigenvalue weighted by Gasteiger charge is 2.22. The van der Waals surface area contributed by atoms with Gasteiger partial charge in [-0.1, -0.05) is 23.7 Å². The van der Waals surface area contributed by atoms with Gasteiger partial charge in [-0.25, -0.2) is 9.18 Å². The van der Waals surface area contributed by atoms with Gasteiger partial charge in [0.2, 0.25) is 0 Å².